The number of nitrogens with one attached hydrogen (secondary N) is 3. The molecule has 0 radical (unpaired) electrons. The number of amides is 2. The maximum absolute atomic E-state index is 13.7. The molecule has 3 N–H and O–H groups in total. The molecule has 1 aliphatic rings. The van der Waals surface area contributed by atoms with E-state index in [4.69, 9.17) is 0 Å². The largest absolute Gasteiger partial charge is 0.416 e. The lowest BCUT2D eigenvalue weighted by atomic mass is 10.1. The van der Waals surface area contributed by atoms with Gasteiger partial charge in [-0.05, 0) is 62.6 Å². The third-order valence-electron chi connectivity index (χ3n) is 6.87. The Bertz CT molecular complexity index is 1840. The molecule has 0 saturated heterocycles. The van der Waals surface area contributed by atoms with E-state index in [1.165, 1.54) is 40.7 Å². The van der Waals surface area contributed by atoms with Crippen LogP contribution in [0.1, 0.15) is 50.5 Å². The van der Waals surface area contributed by atoms with Crippen LogP contribution >= 0.6 is 11.3 Å². The van der Waals surface area contributed by atoms with Gasteiger partial charge in [0, 0.05) is 46.4 Å². The molecule has 1 saturated carbocycles. The summed E-state index contributed by atoms with van der Waals surface area (Å²) in [4.78, 5) is 39.1. The lowest BCUT2D eigenvalue weighted by Crippen LogP contribution is -2.16. The fourth-order valence-corrected chi connectivity index (χ4v) is 5.41. The number of anilines is 3. The van der Waals surface area contributed by atoms with E-state index in [1.807, 2.05) is 0 Å². The summed E-state index contributed by atoms with van der Waals surface area (Å²) in [5.41, 5.74) is 1.39. The van der Waals surface area contributed by atoms with Crippen LogP contribution in [0.25, 0.3) is 15.9 Å². The molecule has 0 unspecified atom stereocenters. The number of rotatable bonds is 7. The van der Waals surface area contributed by atoms with Crippen LogP contribution in [-0.4, -0.2) is 37.4 Å². The highest BCUT2D eigenvalue weighted by molar-refractivity contribution is 7.18. The highest BCUT2D eigenvalue weighted by atomic mass is 32.1. The first kappa shape index (κ1) is 27.4. The van der Waals surface area contributed by atoms with Crippen molar-refractivity contribution in [3.8, 4) is 5.69 Å². The molecule has 0 aliphatic heterocycles. The van der Waals surface area contributed by atoms with Gasteiger partial charge in [-0.1, -0.05) is 6.07 Å². The number of halogens is 3. The van der Waals surface area contributed by atoms with Crippen molar-refractivity contribution in [2.45, 2.75) is 38.9 Å². The molecule has 1 fully saturated rings. The molecule has 9 nitrogen and oxygen atoms in total. The van der Waals surface area contributed by atoms with Crippen LogP contribution in [0.5, 0.6) is 0 Å². The van der Waals surface area contributed by atoms with Gasteiger partial charge in [-0.2, -0.15) is 13.2 Å². The van der Waals surface area contributed by atoms with Crippen molar-refractivity contribution in [1.29, 1.82) is 0 Å². The second kappa shape index (κ2) is 10.6. The zero-order chi connectivity index (χ0) is 29.6. The molecule has 0 bridgehead atoms. The fraction of sp³-hybridized carbons (Fsp3) is 0.207. The van der Waals surface area contributed by atoms with E-state index in [1.54, 1.807) is 37.4 Å². The van der Waals surface area contributed by atoms with Crippen LogP contribution in [0.4, 0.5) is 30.4 Å². The average Bonchev–Trinajstić information content (AvgIpc) is 3.48. The number of imidazole rings is 1. The number of fused-ring (bicyclic) bond motifs is 1. The molecule has 0 atom stereocenters. The van der Waals surface area contributed by atoms with E-state index < -0.39 is 17.6 Å². The Morgan fingerprint density at radius 2 is 1.81 bits per heavy atom. The summed E-state index contributed by atoms with van der Waals surface area (Å²) < 4.78 is 43.3. The molecule has 13 heteroatoms. The first-order valence-corrected chi connectivity index (χ1v) is 13.9. The van der Waals surface area contributed by atoms with Gasteiger partial charge >= 0.3 is 6.18 Å². The number of hydrogen-bond acceptors (Lipinski definition) is 7. The lowest BCUT2D eigenvalue weighted by molar-refractivity contribution is -0.137. The Morgan fingerprint density at radius 3 is 2.52 bits per heavy atom. The van der Waals surface area contributed by atoms with E-state index in [9.17, 15) is 22.8 Å². The zero-order valence-corrected chi connectivity index (χ0v) is 23.2. The Balaban J connectivity index is 1.24. The van der Waals surface area contributed by atoms with E-state index in [0.29, 0.717) is 40.1 Å². The van der Waals surface area contributed by atoms with Crippen LogP contribution in [-0.2, 0) is 6.18 Å². The molecule has 2 amide bonds. The van der Waals surface area contributed by atoms with Gasteiger partial charge in [-0.25, -0.2) is 15.0 Å². The van der Waals surface area contributed by atoms with Gasteiger partial charge in [-0.15, -0.1) is 11.3 Å². The number of benzene rings is 2. The number of alkyl halides is 3. The van der Waals surface area contributed by atoms with E-state index in [-0.39, 0.29) is 17.2 Å². The monoisotopic (exact) mass is 591 g/mol. The topological polar surface area (TPSA) is 114 Å². The zero-order valence-electron chi connectivity index (χ0n) is 22.4. The minimum Gasteiger partial charge on any atom is -0.366 e. The summed E-state index contributed by atoms with van der Waals surface area (Å²) in [5.74, 6) is 0.0489. The molecule has 1 aliphatic carbocycles. The van der Waals surface area contributed by atoms with Gasteiger partial charge in [0.2, 0.25) is 0 Å². The Labute approximate surface area is 241 Å². The third-order valence-corrected chi connectivity index (χ3v) is 7.85. The molecule has 42 heavy (non-hydrogen) atoms. The van der Waals surface area contributed by atoms with Crippen molar-refractivity contribution in [2.24, 2.45) is 0 Å². The summed E-state index contributed by atoms with van der Waals surface area (Å²) in [6, 6.07) is 8.40. The number of hydrogen-bond donors (Lipinski definition) is 3. The standard InChI is InChI=1S/C29H24F3N7O2S/c1-15-3-4-20(37-27(40)17-9-18(29(30,31)32)11-21(10-17)39-8-7-33-16(39)2)12-23(15)38-28(41)22-13-42-25-24(22)34-14-35-26(25)36-19-5-6-19/h3-4,7-14,19H,5-6H2,1-2H3,(H,37,40)(H,38,41)(H,34,35,36). The molecule has 6 rings (SSSR count). The molecule has 3 heterocycles. The number of aryl methyl sites for hydroxylation is 2. The number of nitrogens with zero attached hydrogens (tertiary/aromatic N) is 4. The number of aromatic nitrogens is 4. The van der Waals surface area contributed by atoms with Gasteiger partial charge < -0.3 is 20.5 Å². The Kier molecular flexibility index (Phi) is 6.89. The van der Waals surface area contributed by atoms with Crippen LogP contribution in [0.15, 0.2) is 60.5 Å². The van der Waals surface area contributed by atoms with E-state index in [2.05, 4.69) is 30.9 Å². The van der Waals surface area contributed by atoms with Crippen molar-refractivity contribution < 1.29 is 22.8 Å². The molecule has 214 valence electrons. The third kappa shape index (κ3) is 5.55. The quantitative estimate of drug-likeness (QED) is 0.197. The minimum absolute atomic E-state index is 0.157. The van der Waals surface area contributed by atoms with Gasteiger partial charge in [0.1, 0.15) is 18.0 Å². The fourth-order valence-electron chi connectivity index (χ4n) is 4.46. The highest BCUT2D eigenvalue weighted by Gasteiger charge is 2.32. The van der Waals surface area contributed by atoms with E-state index in [0.717, 1.165) is 35.2 Å². The van der Waals surface area contributed by atoms with Gasteiger partial charge in [0.15, 0.2) is 0 Å². The number of thiophene rings is 1. The van der Waals surface area contributed by atoms with E-state index >= 15 is 0 Å². The van der Waals surface area contributed by atoms with Crippen molar-refractivity contribution in [3.05, 3.63) is 88.6 Å². The first-order valence-electron chi connectivity index (χ1n) is 13.0. The summed E-state index contributed by atoms with van der Waals surface area (Å²) in [5, 5.41) is 10.6. The predicted molar refractivity (Wildman–Crippen MR) is 154 cm³/mol. The first-order chi connectivity index (χ1) is 20.1. The molecule has 0 spiro atoms. The maximum atomic E-state index is 13.7. The smallest absolute Gasteiger partial charge is 0.366 e. The van der Waals surface area contributed by atoms with Crippen molar-refractivity contribution in [1.82, 2.24) is 19.5 Å². The summed E-state index contributed by atoms with van der Waals surface area (Å²) >= 11 is 1.38. The molecular formula is C29H24F3N7O2S. The van der Waals surface area contributed by atoms with Crippen LogP contribution in [0, 0.1) is 13.8 Å². The predicted octanol–water partition coefficient (Wildman–Crippen LogP) is 6.59. The van der Waals surface area contributed by atoms with Gasteiger partial charge in [0.05, 0.1) is 21.3 Å². The molecule has 3 aromatic heterocycles. The summed E-state index contributed by atoms with van der Waals surface area (Å²) in [6.45, 7) is 3.44. The van der Waals surface area contributed by atoms with Gasteiger partial charge in [-0.3, -0.25) is 9.59 Å². The number of carbonyl (C=O) groups is 2. The summed E-state index contributed by atoms with van der Waals surface area (Å²) in [6.07, 6.45) is 1.91. The highest BCUT2D eigenvalue weighted by Crippen LogP contribution is 2.34. The van der Waals surface area contributed by atoms with Crippen molar-refractivity contribution >= 4 is 50.6 Å². The SMILES string of the molecule is Cc1ccc(NC(=O)c2cc(-n3ccnc3C)cc(C(F)(F)F)c2)cc1NC(=O)c1csc2c(NC3CC3)ncnc12. The normalized spacial score (nSPS) is 13.3. The Morgan fingerprint density at radius 1 is 1.00 bits per heavy atom. The van der Waals surface area contributed by atoms with Gasteiger partial charge in [0.25, 0.3) is 11.8 Å². The van der Waals surface area contributed by atoms with Crippen molar-refractivity contribution in [3.63, 3.8) is 0 Å². The molecule has 2 aromatic carbocycles. The average molecular weight is 592 g/mol. The van der Waals surface area contributed by atoms with Crippen molar-refractivity contribution in [2.75, 3.05) is 16.0 Å². The minimum atomic E-state index is -4.66. The summed E-state index contributed by atoms with van der Waals surface area (Å²) in [7, 11) is 0. The number of carbonyl (C=O) groups excluding carboxylic acids is 2. The second-order valence-corrected chi connectivity index (χ2v) is 10.9. The second-order valence-electron chi connectivity index (χ2n) is 10.0. The molecular weight excluding hydrogens is 567 g/mol. The maximum Gasteiger partial charge on any atom is 0.416 e. The van der Waals surface area contributed by atoms with Crippen LogP contribution in [0.3, 0.4) is 0 Å². The van der Waals surface area contributed by atoms with Crippen LogP contribution in [0.2, 0.25) is 0 Å². The van der Waals surface area contributed by atoms with Crippen LogP contribution < -0.4 is 16.0 Å². The molecule has 5 aromatic rings. The Hall–Kier alpha value is -4.78. The lowest BCUT2D eigenvalue weighted by Gasteiger charge is -2.15.